The van der Waals surface area contributed by atoms with E-state index in [2.05, 4.69) is 20.9 Å². The van der Waals surface area contributed by atoms with E-state index in [1.165, 1.54) is 7.11 Å². The fraction of sp³-hybridized carbons (Fsp3) is 0.333. The largest absolute Gasteiger partial charge is 0.493 e. The lowest BCUT2D eigenvalue weighted by Gasteiger charge is -2.11. The van der Waals surface area contributed by atoms with Gasteiger partial charge in [-0.15, -0.1) is 0 Å². The first-order valence-corrected chi connectivity index (χ1v) is 4.97. The van der Waals surface area contributed by atoms with Crippen LogP contribution in [0.4, 0.5) is 8.78 Å². The number of alkyl halides is 2. The Kier molecular flexibility index (Phi) is 4.17. The molecule has 0 saturated heterocycles. The number of methoxy groups -OCH3 is 1. The molecule has 1 N–H and O–H groups in total. The van der Waals surface area contributed by atoms with Gasteiger partial charge in [-0.25, -0.2) is 8.78 Å². The molecule has 1 aromatic heterocycles. The lowest BCUT2D eigenvalue weighted by molar-refractivity contribution is -0.136. The monoisotopic (exact) mass is 295 g/mol. The van der Waals surface area contributed by atoms with E-state index in [1.54, 1.807) is 0 Å². The first-order chi connectivity index (χ1) is 7.47. The van der Waals surface area contributed by atoms with E-state index in [0.29, 0.717) is 0 Å². The van der Waals surface area contributed by atoms with Crippen LogP contribution >= 0.6 is 15.9 Å². The second-order valence-electron chi connectivity index (χ2n) is 2.89. The predicted octanol–water partition coefficient (Wildman–Crippen LogP) is 2.42. The van der Waals surface area contributed by atoms with Gasteiger partial charge in [0.15, 0.2) is 5.75 Å². The summed E-state index contributed by atoms with van der Waals surface area (Å²) in [7, 11) is 1.22. The van der Waals surface area contributed by atoms with Gasteiger partial charge in [0, 0.05) is 6.20 Å². The molecule has 16 heavy (non-hydrogen) atoms. The molecule has 88 valence electrons. The third-order valence-corrected chi connectivity index (χ3v) is 2.70. The van der Waals surface area contributed by atoms with Crippen LogP contribution in [0.25, 0.3) is 0 Å². The van der Waals surface area contributed by atoms with E-state index in [1.807, 2.05) is 0 Å². The minimum Gasteiger partial charge on any atom is -0.493 e. The molecule has 0 amide bonds. The third-order valence-electron chi connectivity index (χ3n) is 1.83. The van der Waals surface area contributed by atoms with Gasteiger partial charge in [0.2, 0.25) is 0 Å². The Morgan fingerprint density at radius 3 is 2.75 bits per heavy atom. The molecule has 0 atom stereocenters. The maximum absolute atomic E-state index is 12.5. The molecule has 1 aromatic rings. The highest BCUT2D eigenvalue weighted by molar-refractivity contribution is 9.10. The molecule has 0 spiro atoms. The number of carboxylic acids is 1. The number of pyridine rings is 1. The fourth-order valence-corrected chi connectivity index (χ4v) is 1.76. The minimum atomic E-state index is -2.77. The zero-order chi connectivity index (χ0) is 12.3. The van der Waals surface area contributed by atoms with Gasteiger partial charge >= 0.3 is 5.97 Å². The molecule has 0 aliphatic rings. The van der Waals surface area contributed by atoms with Crippen molar-refractivity contribution >= 4 is 21.9 Å². The smallest absolute Gasteiger partial charge is 0.307 e. The van der Waals surface area contributed by atoms with Crippen molar-refractivity contribution in [3.8, 4) is 5.75 Å². The van der Waals surface area contributed by atoms with Crippen LogP contribution in [0.1, 0.15) is 17.7 Å². The third kappa shape index (κ3) is 2.66. The summed E-state index contributed by atoms with van der Waals surface area (Å²) in [6.07, 6.45) is -1.99. The molecule has 0 fully saturated rings. The van der Waals surface area contributed by atoms with Gasteiger partial charge < -0.3 is 9.84 Å². The van der Waals surface area contributed by atoms with E-state index < -0.39 is 18.1 Å². The van der Waals surface area contributed by atoms with Crippen molar-refractivity contribution in [2.45, 2.75) is 12.8 Å². The van der Waals surface area contributed by atoms with Crippen molar-refractivity contribution in [3.63, 3.8) is 0 Å². The van der Waals surface area contributed by atoms with Crippen LogP contribution in [-0.4, -0.2) is 23.2 Å². The summed E-state index contributed by atoms with van der Waals surface area (Å²) in [5, 5.41) is 8.60. The van der Waals surface area contributed by atoms with E-state index >= 15 is 0 Å². The Morgan fingerprint density at radius 1 is 1.69 bits per heavy atom. The van der Waals surface area contributed by atoms with Crippen LogP contribution in [0, 0.1) is 0 Å². The molecule has 4 nitrogen and oxygen atoms in total. The SMILES string of the molecule is COc1c(C(F)F)ncc(CC(=O)O)c1Br. The molecular weight excluding hydrogens is 288 g/mol. The van der Waals surface area contributed by atoms with Crippen LogP contribution in [0.3, 0.4) is 0 Å². The summed E-state index contributed by atoms with van der Waals surface area (Å²) >= 11 is 3.03. The van der Waals surface area contributed by atoms with Gasteiger partial charge in [0.1, 0.15) is 5.69 Å². The van der Waals surface area contributed by atoms with Crippen LogP contribution in [-0.2, 0) is 11.2 Å². The molecule has 1 heterocycles. The Hall–Kier alpha value is -1.24. The maximum Gasteiger partial charge on any atom is 0.307 e. The molecule has 0 aromatic carbocycles. The summed E-state index contributed by atoms with van der Waals surface area (Å²) in [5.74, 6) is -1.21. The Bertz CT molecular complexity index is 412. The lowest BCUT2D eigenvalue weighted by atomic mass is 10.2. The molecule has 1 rings (SSSR count). The highest BCUT2D eigenvalue weighted by atomic mass is 79.9. The molecule has 0 radical (unpaired) electrons. The Labute approximate surface area is 98.4 Å². The van der Waals surface area contributed by atoms with Crippen LogP contribution in [0.5, 0.6) is 5.75 Å². The van der Waals surface area contributed by atoms with E-state index in [-0.39, 0.29) is 22.2 Å². The summed E-state index contributed by atoms with van der Waals surface area (Å²) in [5.41, 5.74) is -0.225. The predicted molar refractivity (Wildman–Crippen MR) is 54.8 cm³/mol. The second kappa shape index (κ2) is 5.20. The number of hydrogen-bond acceptors (Lipinski definition) is 3. The topological polar surface area (TPSA) is 59.4 Å². The normalized spacial score (nSPS) is 10.6. The second-order valence-corrected chi connectivity index (χ2v) is 3.68. The number of carboxylic acid groups (broad SMARTS) is 1. The summed E-state index contributed by atoms with van der Waals surface area (Å²) < 4.78 is 30.0. The van der Waals surface area contributed by atoms with E-state index in [0.717, 1.165) is 6.20 Å². The molecule has 0 aliphatic heterocycles. The van der Waals surface area contributed by atoms with Crippen LogP contribution < -0.4 is 4.74 Å². The molecular formula is C9H8BrF2NO3. The number of halogens is 3. The first kappa shape index (κ1) is 12.8. The number of nitrogens with zero attached hydrogens (tertiary/aromatic N) is 1. The highest BCUT2D eigenvalue weighted by Gasteiger charge is 2.21. The van der Waals surface area contributed by atoms with Gasteiger partial charge in [0.05, 0.1) is 18.0 Å². The maximum atomic E-state index is 12.5. The van der Waals surface area contributed by atoms with Crippen molar-refractivity contribution in [2.75, 3.05) is 7.11 Å². The fourth-order valence-electron chi connectivity index (χ4n) is 1.16. The molecule has 0 bridgehead atoms. The van der Waals surface area contributed by atoms with Gasteiger partial charge in [-0.1, -0.05) is 0 Å². The average molecular weight is 296 g/mol. The highest BCUT2D eigenvalue weighted by Crippen LogP contribution is 2.35. The van der Waals surface area contributed by atoms with Gasteiger partial charge in [-0.2, -0.15) is 0 Å². The standard InChI is InChI=1S/C9H8BrF2NO3/c1-16-8-6(10)4(2-5(14)15)3-13-7(8)9(11)12/h3,9H,2H2,1H3,(H,14,15). The zero-order valence-corrected chi connectivity index (χ0v) is 9.79. The number of ether oxygens (including phenoxy) is 1. The van der Waals surface area contributed by atoms with Crippen molar-refractivity contribution in [3.05, 3.63) is 21.9 Å². The molecule has 0 aliphatic carbocycles. The van der Waals surface area contributed by atoms with Crippen LogP contribution in [0.2, 0.25) is 0 Å². The number of aromatic nitrogens is 1. The summed E-state index contributed by atoms with van der Waals surface area (Å²) in [6, 6.07) is 0. The molecule has 0 saturated carbocycles. The van der Waals surface area contributed by atoms with Gasteiger partial charge in [0.25, 0.3) is 6.43 Å². The number of hydrogen-bond donors (Lipinski definition) is 1. The number of aliphatic carboxylic acids is 1. The number of carbonyl (C=O) groups is 1. The Balaban J connectivity index is 3.23. The van der Waals surface area contributed by atoms with Crippen molar-refractivity contribution in [1.82, 2.24) is 4.98 Å². The van der Waals surface area contributed by atoms with Crippen LogP contribution in [0.15, 0.2) is 10.7 Å². The van der Waals surface area contributed by atoms with Gasteiger partial charge in [-0.3, -0.25) is 9.78 Å². The lowest BCUT2D eigenvalue weighted by Crippen LogP contribution is -2.05. The minimum absolute atomic E-state index is 0.131. The van der Waals surface area contributed by atoms with Crippen molar-refractivity contribution in [2.24, 2.45) is 0 Å². The van der Waals surface area contributed by atoms with E-state index in [4.69, 9.17) is 9.84 Å². The summed E-state index contributed by atoms with van der Waals surface area (Å²) in [6.45, 7) is 0. The summed E-state index contributed by atoms with van der Waals surface area (Å²) in [4.78, 5) is 14.0. The van der Waals surface area contributed by atoms with Crippen molar-refractivity contribution in [1.29, 1.82) is 0 Å². The Morgan fingerprint density at radius 2 is 2.31 bits per heavy atom. The molecule has 0 unspecified atom stereocenters. The van der Waals surface area contributed by atoms with E-state index in [9.17, 15) is 13.6 Å². The van der Waals surface area contributed by atoms with Gasteiger partial charge in [-0.05, 0) is 21.5 Å². The average Bonchev–Trinajstić information content (AvgIpc) is 2.19. The van der Waals surface area contributed by atoms with Crippen molar-refractivity contribution < 1.29 is 23.4 Å². The molecule has 7 heteroatoms. The number of rotatable bonds is 4. The quantitative estimate of drug-likeness (QED) is 0.927. The first-order valence-electron chi connectivity index (χ1n) is 4.18. The zero-order valence-electron chi connectivity index (χ0n) is 8.21.